The first kappa shape index (κ1) is 25.1. The van der Waals surface area contributed by atoms with Gasteiger partial charge in [0.05, 0.1) is 13.2 Å². The number of ether oxygens (including phenoxy) is 2. The molecule has 1 aliphatic heterocycles. The van der Waals surface area contributed by atoms with E-state index in [2.05, 4.69) is 0 Å². The van der Waals surface area contributed by atoms with Crippen molar-refractivity contribution in [3.05, 3.63) is 0 Å². The average molecular weight is 405 g/mol. The molecule has 6 heteroatoms. The topological polar surface area (TPSA) is 49.5 Å². The molecule has 0 radical (unpaired) electrons. The third-order valence-corrected chi connectivity index (χ3v) is 8.24. The zero-order chi connectivity index (χ0) is 19.6. The van der Waals surface area contributed by atoms with Crippen molar-refractivity contribution in [2.24, 2.45) is 0 Å². The number of epoxide rings is 1. The molecule has 0 aromatic rings. The van der Waals surface area contributed by atoms with Crippen molar-refractivity contribution in [3.63, 3.8) is 0 Å². The van der Waals surface area contributed by atoms with Crippen molar-refractivity contribution in [1.29, 1.82) is 0 Å². The van der Waals surface area contributed by atoms with Gasteiger partial charge in [-0.2, -0.15) is 0 Å². The summed E-state index contributed by atoms with van der Waals surface area (Å²) in [5, 5.41) is 0. The Morgan fingerprint density at radius 2 is 1.07 bits per heavy atom. The highest BCUT2D eigenvalue weighted by Gasteiger charge is 2.36. The molecule has 1 saturated heterocycles. The normalized spacial score (nSPS) is 16.8. The predicted octanol–water partition coefficient (Wildman–Crippen LogP) is 5.35. The molecular weight excluding hydrogens is 360 g/mol. The molecule has 0 N–H and O–H groups in total. The van der Waals surface area contributed by atoms with E-state index in [1.807, 2.05) is 0 Å². The SMILES string of the molecule is CO[Si](CCCCCCCCCCCCCCCOCC1CO1)(OC)OC. The second kappa shape index (κ2) is 16.9. The molecule has 5 nitrogen and oxygen atoms in total. The van der Waals surface area contributed by atoms with E-state index in [1.54, 1.807) is 21.3 Å². The number of rotatable bonds is 21. The Morgan fingerprint density at radius 3 is 1.48 bits per heavy atom. The Balaban J connectivity index is 1.71. The van der Waals surface area contributed by atoms with E-state index in [9.17, 15) is 0 Å². The molecular formula is C21H44O5Si. The Bertz CT molecular complexity index is 313. The van der Waals surface area contributed by atoms with Crippen molar-refractivity contribution >= 4 is 8.80 Å². The lowest BCUT2D eigenvalue weighted by Gasteiger charge is -2.24. The zero-order valence-electron chi connectivity index (χ0n) is 18.1. The summed E-state index contributed by atoms with van der Waals surface area (Å²) in [4.78, 5) is 0. The summed E-state index contributed by atoms with van der Waals surface area (Å²) in [5.74, 6) is 0. The van der Waals surface area contributed by atoms with E-state index in [-0.39, 0.29) is 0 Å². The van der Waals surface area contributed by atoms with Crippen LogP contribution in [0.2, 0.25) is 6.04 Å². The second-order valence-electron chi connectivity index (χ2n) is 7.67. The molecule has 1 aliphatic rings. The van der Waals surface area contributed by atoms with Crippen molar-refractivity contribution in [2.75, 3.05) is 41.2 Å². The van der Waals surface area contributed by atoms with Crippen LogP contribution in [-0.2, 0) is 22.8 Å². The lowest BCUT2D eigenvalue weighted by atomic mass is 10.0. The fourth-order valence-corrected chi connectivity index (χ4v) is 5.22. The molecule has 0 aliphatic carbocycles. The van der Waals surface area contributed by atoms with Crippen LogP contribution in [0, 0.1) is 0 Å². The van der Waals surface area contributed by atoms with Crippen LogP contribution in [0.4, 0.5) is 0 Å². The van der Waals surface area contributed by atoms with Crippen molar-refractivity contribution in [2.45, 2.75) is 95.6 Å². The summed E-state index contributed by atoms with van der Waals surface area (Å²) in [6, 6.07) is 0.928. The van der Waals surface area contributed by atoms with Crippen LogP contribution >= 0.6 is 0 Å². The van der Waals surface area contributed by atoms with Gasteiger partial charge in [0, 0.05) is 34.0 Å². The fraction of sp³-hybridized carbons (Fsp3) is 1.00. The van der Waals surface area contributed by atoms with Crippen LogP contribution < -0.4 is 0 Å². The lowest BCUT2D eigenvalue weighted by molar-refractivity contribution is 0.113. The van der Waals surface area contributed by atoms with Gasteiger partial charge in [-0.3, -0.25) is 0 Å². The Hall–Kier alpha value is 0.0169. The van der Waals surface area contributed by atoms with Gasteiger partial charge < -0.3 is 22.8 Å². The minimum Gasteiger partial charge on any atom is -0.379 e. The third kappa shape index (κ3) is 13.8. The second-order valence-corrected chi connectivity index (χ2v) is 10.8. The minimum absolute atomic E-state index is 0.410. The van der Waals surface area contributed by atoms with E-state index >= 15 is 0 Å². The molecule has 0 spiro atoms. The first-order valence-corrected chi connectivity index (χ1v) is 13.0. The van der Waals surface area contributed by atoms with Crippen molar-refractivity contribution in [1.82, 2.24) is 0 Å². The van der Waals surface area contributed by atoms with Gasteiger partial charge in [0.2, 0.25) is 0 Å². The quantitative estimate of drug-likeness (QED) is 0.147. The van der Waals surface area contributed by atoms with Crippen LogP contribution in [0.5, 0.6) is 0 Å². The summed E-state index contributed by atoms with van der Waals surface area (Å²) < 4.78 is 27.0. The summed E-state index contributed by atoms with van der Waals surface area (Å²) in [7, 11) is 2.74. The smallest absolute Gasteiger partial charge is 0.379 e. The van der Waals surface area contributed by atoms with Gasteiger partial charge in [0.15, 0.2) is 0 Å². The Morgan fingerprint density at radius 1 is 0.667 bits per heavy atom. The van der Waals surface area contributed by atoms with E-state index in [0.717, 1.165) is 32.3 Å². The van der Waals surface area contributed by atoms with Crippen molar-refractivity contribution < 1.29 is 22.8 Å². The van der Waals surface area contributed by atoms with Gasteiger partial charge in [0.25, 0.3) is 0 Å². The van der Waals surface area contributed by atoms with Crippen LogP contribution in [-0.4, -0.2) is 56.1 Å². The highest BCUT2D eigenvalue weighted by Crippen LogP contribution is 2.18. The molecule has 0 aromatic carbocycles. The maximum Gasteiger partial charge on any atom is 0.500 e. The molecule has 27 heavy (non-hydrogen) atoms. The molecule has 0 amide bonds. The van der Waals surface area contributed by atoms with Gasteiger partial charge in [-0.1, -0.05) is 70.6 Å². The van der Waals surface area contributed by atoms with Crippen molar-refractivity contribution in [3.8, 4) is 0 Å². The van der Waals surface area contributed by atoms with Crippen LogP contribution in [0.1, 0.15) is 83.5 Å². The van der Waals surface area contributed by atoms with Crippen LogP contribution in [0.25, 0.3) is 0 Å². The number of unbranched alkanes of at least 4 members (excludes halogenated alkanes) is 12. The molecule has 0 saturated carbocycles. The van der Waals surface area contributed by atoms with Gasteiger partial charge in [-0.05, 0) is 12.8 Å². The van der Waals surface area contributed by atoms with E-state index in [0.29, 0.717) is 6.10 Å². The lowest BCUT2D eigenvalue weighted by Crippen LogP contribution is -2.42. The third-order valence-electron chi connectivity index (χ3n) is 5.41. The van der Waals surface area contributed by atoms with Gasteiger partial charge in [-0.25, -0.2) is 0 Å². The molecule has 1 rings (SSSR count). The summed E-state index contributed by atoms with van der Waals surface area (Å²) >= 11 is 0. The van der Waals surface area contributed by atoms with Gasteiger partial charge >= 0.3 is 8.80 Å². The van der Waals surface area contributed by atoms with Crippen LogP contribution in [0.3, 0.4) is 0 Å². The molecule has 0 aromatic heterocycles. The summed E-state index contributed by atoms with van der Waals surface area (Å²) in [6.45, 7) is 2.61. The molecule has 0 bridgehead atoms. The van der Waals surface area contributed by atoms with E-state index in [4.69, 9.17) is 22.8 Å². The first-order valence-electron chi connectivity index (χ1n) is 11.1. The maximum absolute atomic E-state index is 5.56. The molecule has 162 valence electrons. The highest BCUT2D eigenvalue weighted by atomic mass is 28.4. The van der Waals surface area contributed by atoms with Crippen LogP contribution in [0.15, 0.2) is 0 Å². The fourth-order valence-electron chi connectivity index (χ4n) is 3.43. The number of hydrogen-bond acceptors (Lipinski definition) is 5. The number of hydrogen-bond donors (Lipinski definition) is 0. The molecule has 1 fully saturated rings. The maximum atomic E-state index is 5.56. The van der Waals surface area contributed by atoms with E-state index < -0.39 is 8.80 Å². The predicted molar refractivity (Wildman–Crippen MR) is 112 cm³/mol. The molecule has 1 atom stereocenters. The highest BCUT2D eigenvalue weighted by molar-refractivity contribution is 6.60. The Kier molecular flexibility index (Phi) is 15.7. The van der Waals surface area contributed by atoms with Gasteiger partial charge in [-0.15, -0.1) is 0 Å². The zero-order valence-corrected chi connectivity index (χ0v) is 19.1. The average Bonchev–Trinajstić information content (AvgIpc) is 3.52. The summed E-state index contributed by atoms with van der Waals surface area (Å²) in [5.41, 5.74) is 0. The molecule has 1 unspecified atom stereocenters. The summed E-state index contributed by atoms with van der Waals surface area (Å²) in [6.07, 6.45) is 17.7. The Labute approximate surface area is 168 Å². The largest absolute Gasteiger partial charge is 0.500 e. The standard InChI is InChI=1S/C21H44O5Si/c1-22-27(23-2,24-3)18-16-14-12-10-8-6-4-5-7-9-11-13-15-17-25-19-21-20-26-21/h21H,4-20H2,1-3H3. The molecule has 1 heterocycles. The first-order chi connectivity index (χ1) is 13.3. The van der Waals surface area contributed by atoms with E-state index in [1.165, 1.54) is 77.0 Å². The minimum atomic E-state index is -2.34. The van der Waals surface area contributed by atoms with Gasteiger partial charge in [0.1, 0.15) is 6.10 Å². The monoisotopic (exact) mass is 404 g/mol.